The van der Waals surface area contributed by atoms with Crippen LogP contribution in [0.2, 0.25) is 0 Å². The minimum Gasteiger partial charge on any atom is -0.506 e. The average molecular weight is 290 g/mol. The first kappa shape index (κ1) is 10.7. The van der Waals surface area contributed by atoms with Gasteiger partial charge in [-0.05, 0) is 28.1 Å². The number of hydrogen-bond donors (Lipinski definition) is 1. The maximum absolute atomic E-state index is 13.1. The van der Waals surface area contributed by atoms with Gasteiger partial charge in [0.15, 0.2) is 10.7 Å². The van der Waals surface area contributed by atoms with Gasteiger partial charge in [-0.25, -0.2) is 12.8 Å². The highest BCUT2D eigenvalue weighted by Crippen LogP contribution is 2.32. The Bertz CT molecular complexity index is 445. The van der Waals surface area contributed by atoms with Gasteiger partial charge in [-0.1, -0.05) is 0 Å². The summed E-state index contributed by atoms with van der Waals surface area (Å²) in [6, 6.07) is 2.21. The summed E-state index contributed by atoms with van der Waals surface area (Å²) in [7, 11) is 0.623. The highest BCUT2D eigenvalue weighted by Gasteiger charge is 2.22. The molecule has 0 saturated carbocycles. The molecule has 1 aromatic rings. The second-order valence-electron chi connectivity index (χ2n) is 2.15. The Labute approximate surface area is 86.7 Å². The van der Waals surface area contributed by atoms with E-state index in [4.69, 9.17) is 15.8 Å². The van der Waals surface area contributed by atoms with Crippen molar-refractivity contribution >= 4 is 35.7 Å². The molecule has 0 atom stereocenters. The van der Waals surface area contributed by atoms with E-state index in [0.29, 0.717) is 0 Å². The zero-order valence-electron chi connectivity index (χ0n) is 5.96. The van der Waals surface area contributed by atoms with Gasteiger partial charge in [0.1, 0.15) is 5.75 Å². The molecule has 0 bridgehead atoms. The molecule has 0 aliphatic rings. The van der Waals surface area contributed by atoms with E-state index >= 15 is 0 Å². The van der Waals surface area contributed by atoms with E-state index in [0.717, 1.165) is 6.07 Å². The van der Waals surface area contributed by atoms with Crippen molar-refractivity contribution in [2.24, 2.45) is 0 Å². The van der Waals surface area contributed by atoms with E-state index in [1.807, 2.05) is 0 Å². The van der Waals surface area contributed by atoms with Gasteiger partial charge in [0.2, 0.25) is 0 Å². The van der Waals surface area contributed by atoms with Crippen LogP contribution in [0.25, 0.3) is 0 Å². The van der Waals surface area contributed by atoms with Crippen LogP contribution in [0.1, 0.15) is 0 Å². The molecule has 1 aromatic carbocycles. The summed E-state index contributed by atoms with van der Waals surface area (Å²) in [6.45, 7) is 0. The minimum atomic E-state index is -4.27. The molecule has 1 N–H and O–H groups in total. The number of halogens is 3. The highest BCUT2D eigenvalue weighted by molar-refractivity contribution is 9.10. The van der Waals surface area contributed by atoms with Gasteiger partial charge in [0.05, 0.1) is 4.47 Å². The molecule has 72 valence electrons. The first-order valence-corrected chi connectivity index (χ1v) is 6.06. The van der Waals surface area contributed by atoms with Gasteiger partial charge in [0.25, 0.3) is 9.05 Å². The molecule has 13 heavy (non-hydrogen) atoms. The molecule has 0 heterocycles. The quantitative estimate of drug-likeness (QED) is 0.807. The average Bonchev–Trinajstić information content (AvgIpc) is 1.95. The summed E-state index contributed by atoms with van der Waals surface area (Å²) in [6.07, 6.45) is 0. The molecule has 0 aliphatic heterocycles. The molecule has 0 aliphatic carbocycles. The van der Waals surface area contributed by atoms with Crippen LogP contribution in [-0.2, 0) is 9.05 Å². The van der Waals surface area contributed by atoms with Crippen molar-refractivity contribution in [3.63, 3.8) is 0 Å². The van der Waals surface area contributed by atoms with E-state index in [-0.39, 0.29) is 4.47 Å². The second-order valence-corrected chi connectivity index (χ2v) is 5.50. The zero-order valence-corrected chi connectivity index (χ0v) is 9.12. The van der Waals surface area contributed by atoms with Crippen molar-refractivity contribution in [1.82, 2.24) is 0 Å². The van der Waals surface area contributed by atoms with Crippen LogP contribution in [0.15, 0.2) is 21.5 Å². The third-order valence-corrected chi connectivity index (χ3v) is 3.22. The van der Waals surface area contributed by atoms with Crippen molar-refractivity contribution in [2.75, 3.05) is 0 Å². The predicted molar refractivity (Wildman–Crippen MR) is 48.8 cm³/mol. The van der Waals surface area contributed by atoms with Crippen molar-refractivity contribution in [3.05, 3.63) is 22.4 Å². The molecule has 0 saturated heterocycles. The van der Waals surface area contributed by atoms with Gasteiger partial charge in [-0.3, -0.25) is 0 Å². The summed E-state index contributed by atoms with van der Waals surface area (Å²) in [5, 5.41) is 9.03. The predicted octanol–water partition coefficient (Wildman–Crippen LogP) is 2.22. The number of benzene rings is 1. The van der Waals surface area contributed by atoms with E-state index in [1.165, 1.54) is 6.07 Å². The zero-order chi connectivity index (χ0) is 10.2. The minimum absolute atomic E-state index is 0.0791. The van der Waals surface area contributed by atoms with Gasteiger partial charge >= 0.3 is 0 Å². The van der Waals surface area contributed by atoms with Gasteiger partial charge in [-0.2, -0.15) is 0 Å². The lowest BCUT2D eigenvalue weighted by Crippen LogP contribution is -1.96. The van der Waals surface area contributed by atoms with E-state index in [9.17, 15) is 12.8 Å². The Hall–Kier alpha value is -0.330. The van der Waals surface area contributed by atoms with Crippen LogP contribution in [0.3, 0.4) is 0 Å². The fourth-order valence-corrected chi connectivity index (χ4v) is 2.30. The smallest absolute Gasteiger partial charge is 0.267 e. The first-order valence-electron chi connectivity index (χ1n) is 2.95. The second kappa shape index (κ2) is 3.43. The Morgan fingerprint density at radius 1 is 1.46 bits per heavy atom. The van der Waals surface area contributed by atoms with Crippen molar-refractivity contribution < 1.29 is 17.9 Å². The number of aromatic hydroxyl groups is 1. The SMILES string of the molecule is O=S(=O)(Cl)c1c(O)ccc(Br)c1F. The number of hydrogen-bond acceptors (Lipinski definition) is 3. The number of rotatable bonds is 1. The van der Waals surface area contributed by atoms with Crippen LogP contribution in [0.5, 0.6) is 5.75 Å². The molecule has 0 unspecified atom stereocenters. The van der Waals surface area contributed by atoms with E-state index in [1.54, 1.807) is 0 Å². The van der Waals surface area contributed by atoms with Crippen LogP contribution < -0.4 is 0 Å². The van der Waals surface area contributed by atoms with E-state index in [2.05, 4.69) is 15.9 Å². The molecule has 3 nitrogen and oxygen atoms in total. The summed E-state index contributed by atoms with van der Waals surface area (Å²) in [5.41, 5.74) is 0. The van der Waals surface area contributed by atoms with Crippen molar-refractivity contribution in [3.8, 4) is 5.75 Å². The van der Waals surface area contributed by atoms with Crippen LogP contribution >= 0.6 is 26.6 Å². The van der Waals surface area contributed by atoms with Gasteiger partial charge in [0, 0.05) is 10.7 Å². The maximum Gasteiger partial charge on any atom is 0.267 e. The maximum atomic E-state index is 13.1. The monoisotopic (exact) mass is 288 g/mol. The lowest BCUT2D eigenvalue weighted by atomic mass is 10.3. The highest BCUT2D eigenvalue weighted by atomic mass is 79.9. The van der Waals surface area contributed by atoms with Gasteiger partial charge in [-0.15, -0.1) is 0 Å². The molecule has 0 spiro atoms. The van der Waals surface area contributed by atoms with Crippen molar-refractivity contribution in [1.29, 1.82) is 0 Å². The Morgan fingerprint density at radius 3 is 2.38 bits per heavy atom. The van der Waals surface area contributed by atoms with Gasteiger partial charge < -0.3 is 5.11 Å². The van der Waals surface area contributed by atoms with Crippen LogP contribution in [0.4, 0.5) is 4.39 Å². The fraction of sp³-hybridized carbons (Fsp3) is 0. The third kappa shape index (κ3) is 2.12. The topological polar surface area (TPSA) is 54.4 Å². The Morgan fingerprint density at radius 2 is 2.00 bits per heavy atom. The summed E-state index contributed by atoms with van der Waals surface area (Å²) in [4.78, 5) is -0.913. The largest absolute Gasteiger partial charge is 0.506 e. The standard InChI is InChI=1S/C6H3BrClFO3S/c7-3-1-2-4(10)6(5(3)9)13(8,11)12/h1-2,10H. The first-order chi connectivity index (χ1) is 5.84. The number of phenolic OH excluding ortho intramolecular Hbond substituents is 1. The molecule has 0 amide bonds. The lowest BCUT2D eigenvalue weighted by Gasteiger charge is -2.02. The molecule has 0 radical (unpaired) electrons. The van der Waals surface area contributed by atoms with Crippen LogP contribution in [0, 0.1) is 5.82 Å². The summed E-state index contributed by atoms with van der Waals surface area (Å²) >= 11 is 2.76. The Kier molecular flexibility index (Phi) is 2.84. The van der Waals surface area contributed by atoms with Crippen LogP contribution in [-0.4, -0.2) is 13.5 Å². The molecule has 0 aromatic heterocycles. The number of phenols is 1. The molecule has 1 rings (SSSR count). The normalized spacial score (nSPS) is 11.6. The van der Waals surface area contributed by atoms with Crippen molar-refractivity contribution in [2.45, 2.75) is 4.90 Å². The summed E-state index contributed by atoms with van der Waals surface area (Å²) in [5.74, 6) is -1.81. The van der Waals surface area contributed by atoms with E-state index < -0.39 is 25.5 Å². The molecular weight excluding hydrogens is 286 g/mol. The summed E-state index contributed by atoms with van der Waals surface area (Å²) < 4.78 is 34.6. The Balaban J connectivity index is 3.62. The lowest BCUT2D eigenvalue weighted by molar-refractivity contribution is 0.444. The molecule has 7 heteroatoms. The fourth-order valence-electron chi connectivity index (χ4n) is 0.754. The third-order valence-electron chi connectivity index (χ3n) is 1.27. The molecule has 0 fully saturated rings. The molecular formula is C6H3BrClFO3S.